The fourth-order valence-electron chi connectivity index (χ4n) is 3.01. The van der Waals surface area contributed by atoms with Crippen molar-refractivity contribution in [1.29, 1.82) is 0 Å². The molecule has 0 spiro atoms. The molecule has 2 heterocycles. The third kappa shape index (κ3) is 6.01. The van der Waals surface area contributed by atoms with Crippen LogP contribution >= 0.6 is 23.5 Å². The van der Waals surface area contributed by atoms with Crippen molar-refractivity contribution in [3.63, 3.8) is 0 Å². The molecule has 1 atom stereocenters. The maximum Gasteiger partial charge on any atom is 0.290 e. The van der Waals surface area contributed by atoms with Gasteiger partial charge in [0.15, 0.2) is 0 Å². The number of hydrogen-bond acceptors (Lipinski definition) is 5. The van der Waals surface area contributed by atoms with Crippen LogP contribution in [0.15, 0.2) is 58.4 Å². The first-order chi connectivity index (χ1) is 14.1. The minimum Gasteiger partial charge on any atom is -0.497 e. The highest BCUT2D eigenvalue weighted by atomic mass is 32.2. The normalized spacial score (nSPS) is 15.5. The molecular formula is C21H21FN2O3S2. The number of carbonyl (C=O) groups is 1. The van der Waals surface area contributed by atoms with Gasteiger partial charge in [0.25, 0.3) is 6.47 Å². The molecule has 0 bridgehead atoms. The lowest BCUT2D eigenvalue weighted by atomic mass is 10.2. The molecule has 0 saturated heterocycles. The molecule has 0 amide bonds. The predicted octanol–water partition coefficient (Wildman–Crippen LogP) is 4.87. The Bertz CT molecular complexity index is 1010. The summed E-state index contributed by atoms with van der Waals surface area (Å²) in [6.45, 7) is -0.250. The van der Waals surface area contributed by atoms with E-state index >= 15 is 0 Å². The first-order valence-corrected chi connectivity index (χ1v) is 10.9. The average Bonchev–Trinajstić information content (AvgIpc) is 3.33. The number of fused-ring (bicyclic) bond motifs is 1. The summed E-state index contributed by atoms with van der Waals surface area (Å²) >= 11 is 3.61. The number of aliphatic imine (C=N–C) groups is 1. The van der Waals surface area contributed by atoms with E-state index in [2.05, 4.69) is 17.1 Å². The second kappa shape index (κ2) is 10.4. The van der Waals surface area contributed by atoms with E-state index in [0.29, 0.717) is 0 Å². The third-order valence-electron chi connectivity index (χ3n) is 4.27. The molecule has 1 aliphatic rings. The van der Waals surface area contributed by atoms with Crippen LogP contribution in [0.5, 0.6) is 5.75 Å². The molecule has 5 nitrogen and oxygen atoms in total. The zero-order valence-electron chi connectivity index (χ0n) is 15.8. The molecule has 152 valence electrons. The van der Waals surface area contributed by atoms with Crippen molar-refractivity contribution in [3.05, 3.63) is 60.0 Å². The molecule has 0 fully saturated rings. The van der Waals surface area contributed by atoms with Gasteiger partial charge in [-0.3, -0.25) is 9.79 Å². The van der Waals surface area contributed by atoms with Gasteiger partial charge in [0.2, 0.25) is 0 Å². The van der Waals surface area contributed by atoms with Crippen LogP contribution in [0.4, 0.5) is 4.39 Å². The highest BCUT2D eigenvalue weighted by Gasteiger charge is 2.19. The van der Waals surface area contributed by atoms with Gasteiger partial charge in [-0.15, -0.1) is 23.5 Å². The topological polar surface area (TPSA) is 74.7 Å². The van der Waals surface area contributed by atoms with Crippen LogP contribution in [-0.4, -0.2) is 46.3 Å². The Labute approximate surface area is 176 Å². The number of H-pyrrole nitrogens is 1. The van der Waals surface area contributed by atoms with Gasteiger partial charge >= 0.3 is 0 Å². The van der Waals surface area contributed by atoms with Gasteiger partial charge in [-0.1, -0.05) is 6.07 Å². The van der Waals surface area contributed by atoms with E-state index in [1.165, 1.54) is 16.0 Å². The Morgan fingerprint density at radius 1 is 1.34 bits per heavy atom. The van der Waals surface area contributed by atoms with Crippen molar-refractivity contribution < 1.29 is 19.0 Å². The smallest absolute Gasteiger partial charge is 0.290 e. The Morgan fingerprint density at radius 2 is 2.17 bits per heavy atom. The molecular weight excluding hydrogens is 411 g/mol. The Balaban J connectivity index is 0.000000755. The van der Waals surface area contributed by atoms with Gasteiger partial charge in [0, 0.05) is 34.0 Å². The number of halogens is 1. The van der Waals surface area contributed by atoms with Crippen LogP contribution in [0.2, 0.25) is 0 Å². The highest BCUT2D eigenvalue weighted by Crippen LogP contribution is 2.28. The number of nitrogens with one attached hydrogen (secondary N) is 1. The first kappa shape index (κ1) is 21.3. The van der Waals surface area contributed by atoms with Crippen molar-refractivity contribution in [2.75, 3.05) is 18.6 Å². The summed E-state index contributed by atoms with van der Waals surface area (Å²) < 4.78 is 18.6. The SMILES string of the molecule is COc1cccc(SCC2=NC(Cc3cc4ccc(F)cc4[nH]3)CS2)c1.O=CO. The standard InChI is InChI=1S/C20H19FN2OS2.CH2O2/c1-24-17-3-2-4-18(10-17)25-12-20-23-16(11-26-20)9-15-7-13-5-6-14(21)8-19(13)22-15;2-1-3/h2-8,10,16,22H,9,11-12H2,1H3;1H,(H,2,3). The number of thioether (sulfide) groups is 2. The summed E-state index contributed by atoms with van der Waals surface area (Å²) in [6, 6.07) is 15.3. The van der Waals surface area contributed by atoms with E-state index in [4.69, 9.17) is 19.6 Å². The zero-order valence-corrected chi connectivity index (χ0v) is 17.4. The van der Waals surface area contributed by atoms with Gasteiger partial charge < -0.3 is 14.8 Å². The van der Waals surface area contributed by atoms with Crippen LogP contribution < -0.4 is 4.74 Å². The minimum atomic E-state index is -0.250. The quantitative estimate of drug-likeness (QED) is 0.430. The number of nitrogens with zero attached hydrogens (tertiary/aromatic N) is 1. The van der Waals surface area contributed by atoms with Crippen molar-refractivity contribution in [2.45, 2.75) is 17.4 Å². The van der Waals surface area contributed by atoms with Crippen LogP contribution in [0, 0.1) is 5.82 Å². The molecule has 4 rings (SSSR count). The van der Waals surface area contributed by atoms with E-state index in [1.807, 2.05) is 36.0 Å². The summed E-state index contributed by atoms with van der Waals surface area (Å²) in [6.07, 6.45) is 0.858. The number of methoxy groups -OCH3 is 1. The van der Waals surface area contributed by atoms with E-state index in [1.54, 1.807) is 24.9 Å². The molecule has 0 radical (unpaired) electrons. The summed E-state index contributed by atoms with van der Waals surface area (Å²) in [4.78, 5) is 17.7. The molecule has 29 heavy (non-hydrogen) atoms. The second-order valence-corrected chi connectivity index (χ2v) is 8.43. The monoisotopic (exact) mass is 432 g/mol. The Morgan fingerprint density at radius 3 is 2.97 bits per heavy atom. The molecule has 1 aliphatic heterocycles. The van der Waals surface area contributed by atoms with Crippen molar-refractivity contribution in [3.8, 4) is 5.75 Å². The van der Waals surface area contributed by atoms with E-state index < -0.39 is 0 Å². The molecule has 1 aromatic heterocycles. The molecule has 2 N–H and O–H groups in total. The van der Waals surface area contributed by atoms with Gasteiger partial charge in [0.05, 0.1) is 18.2 Å². The Kier molecular flexibility index (Phi) is 7.60. The average molecular weight is 433 g/mol. The number of benzene rings is 2. The number of ether oxygens (including phenoxy) is 1. The molecule has 8 heteroatoms. The van der Waals surface area contributed by atoms with E-state index in [9.17, 15) is 4.39 Å². The highest BCUT2D eigenvalue weighted by molar-refractivity contribution is 8.16. The largest absolute Gasteiger partial charge is 0.497 e. The fourth-order valence-corrected chi connectivity index (χ4v) is 5.06. The van der Waals surface area contributed by atoms with Crippen molar-refractivity contribution in [2.24, 2.45) is 4.99 Å². The summed E-state index contributed by atoms with van der Waals surface area (Å²) in [5.74, 6) is 2.55. The van der Waals surface area contributed by atoms with Crippen molar-refractivity contribution in [1.82, 2.24) is 4.98 Å². The van der Waals surface area contributed by atoms with E-state index in [0.717, 1.165) is 40.3 Å². The summed E-state index contributed by atoms with van der Waals surface area (Å²) in [7, 11) is 1.68. The Hall–Kier alpha value is -2.45. The van der Waals surface area contributed by atoms with Gasteiger partial charge in [0.1, 0.15) is 11.6 Å². The number of aromatic nitrogens is 1. The maximum absolute atomic E-state index is 13.3. The summed E-state index contributed by atoms with van der Waals surface area (Å²) in [5.41, 5.74) is 1.96. The molecule has 0 saturated carbocycles. The number of aromatic amines is 1. The van der Waals surface area contributed by atoms with Crippen LogP contribution in [0.25, 0.3) is 10.9 Å². The molecule has 1 unspecified atom stereocenters. The first-order valence-electron chi connectivity index (χ1n) is 8.92. The van der Waals surface area contributed by atoms with Gasteiger partial charge in [-0.2, -0.15) is 0 Å². The van der Waals surface area contributed by atoms with Gasteiger partial charge in [-0.25, -0.2) is 4.39 Å². The number of carboxylic acid groups (broad SMARTS) is 1. The van der Waals surface area contributed by atoms with Gasteiger partial charge in [-0.05, 0) is 47.9 Å². The van der Waals surface area contributed by atoms with Crippen LogP contribution in [-0.2, 0) is 11.2 Å². The number of hydrogen-bond donors (Lipinski definition) is 2. The molecule has 0 aliphatic carbocycles. The lowest BCUT2D eigenvalue weighted by molar-refractivity contribution is -0.122. The predicted molar refractivity (Wildman–Crippen MR) is 118 cm³/mol. The third-order valence-corrected chi connectivity index (χ3v) is 6.59. The fraction of sp³-hybridized carbons (Fsp3) is 0.238. The van der Waals surface area contributed by atoms with Crippen LogP contribution in [0.1, 0.15) is 5.69 Å². The minimum absolute atomic E-state index is 0.211. The maximum atomic E-state index is 13.3. The lowest BCUT2D eigenvalue weighted by Gasteiger charge is -2.04. The van der Waals surface area contributed by atoms with E-state index in [-0.39, 0.29) is 18.3 Å². The molecule has 2 aromatic carbocycles. The number of rotatable bonds is 6. The second-order valence-electron chi connectivity index (χ2n) is 6.29. The lowest BCUT2D eigenvalue weighted by Crippen LogP contribution is -2.08. The van der Waals surface area contributed by atoms with Crippen molar-refractivity contribution >= 4 is 45.9 Å². The zero-order chi connectivity index (χ0) is 20.6. The van der Waals surface area contributed by atoms with Crippen LogP contribution in [0.3, 0.4) is 0 Å². The summed E-state index contributed by atoms with van der Waals surface area (Å²) in [5, 5.41) is 9.12. The molecule has 3 aromatic rings.